The van der Waals surface area contributed by atoms with Gasteiger partial charge in [0.05, 0.1) is 18.7 Å². The smallest absolute Gasteiger partial charge is 0.410 e. The molecule has 4 heterocycles. The number of aromatic nitrogens is 3. The maximum Gasteiger partial charge on any atom is 0.410 e. The largest absolute Gasteiger partial charge is 0.495 e. The SMILES string of the molecule is C#CC1CN(C(=O)OC2CCC(C(=O)N(CC3CCC(c4ccc(OC)c(C)n4)CC3)c3cc(-c4coc(C5CC5)n4)ccn3)CC2)C1. The van der Waals surface area contributed by atoms with Crippen molar-refractivity contribution < 1.29 is 23.5 Å². The number of terminal acetylenes is 1. The fourth-order valence-corrected chi connectivity index (χ4v) is 7.47. The van der Waals surface area contributed by atoms with Gasteiger partial charge in [0, 0.05) is 54.8 Å². The number of likely N-dealkylation sites (tertiary alicyclic amines) is 1. The molecule has 0 spiro atoms. The van der Waals surface area contributed by atoms with Gasteiger partial charge < -0.3 is 18.8 Å². The zero-order chi connectivity index (χ0) is 33.2. The topological polar surface area (TPSA) is 111 Å². The van der Waals surface area contributed by atoms with Crippen molar-refractivity contribution in [1.29, 1.82) is 0 Å². The van der Waals surface area contributed by atoms with Crippen LogP contribution in [0.3, 0.4) is 0 Å². The minimum absolute atomic E-state index is 0.0948. The average Bonchev–Trinajstić information content (AvgIpc) is 3.82. The van der Waals surface area contributed by atoms with E-state index < -0.39 is 0 Å². The maximum absolute atomic E-state index is 14.4. The molecule has 48 heavy (non-hydrogen) atoms. The van der Waals surface area contributed by atoms with Gasteiger partial charge in [0.2, 0.25) is 5.91 Å². The van der Waals surface area contributed by atoms with Crippen LogP contribution in [-0.4, -0.2) is 64.7 Å². The van der Waals surface area contributed by atoms with Gasteiger partial charge in [0.1, 0.15) is 29.6 Å². The molecule has 1 aliphatic heterocycles. The molecule has 3 aromatic rings. The predicted octanol–water partition coefficient (Wildman–Crippen LogP) is 6.89. The Kier molecular flexibility index (Phi) is 9.38. The summed E-state index contributed by atoms with van der Waals surface area (Å²) in [6.45, 7) is 3.71. The van der Waals surface area contributed by atoms with Crippen LogP contribution in [0, 0.1) is 37.0 Å². The number of carbonyl (C=O) groups excluding carboxylic acids is 2. The highest BCUT2D eigenvalue weighted by atomic mass is 16.6. The molecule has 2 amide bonds. The number of pyridine rings is 2. The molecule has 252 valence electrons. The number of ether oxygens (including phenoxy) is 2. The molecule has 4 aliphatic rings. The monoisotopic (exact) mass is 651 g/mol. The average molecular weight is 652 g/mol. The van der Waals surface area contributed by atoms with Gasteiger partial charge in [0.25, 0.3) is 0 Å². The van der Waals surface area contributed by atoms with Crippen LogP contribution >= 0.6 is 0 Å². The maximum atomic E-state index is 14.4. The Morgan fingerprint density at radius 1 is 1.00 bits per heavy atom. The number of rotatable bonds is 9. The number of amides is 2. The number of hydrogen-bond acceptors (Lipinski definition) is 8. The lowest BCUT2D eigenvalue weighted by Gasteiger charge is -2.38. The summed E-state index contributed by atoms with van der Waals surface area (Å²) < 4.78 is 17.0. The van der Waals surface area contributed by atoms with Crippen molar-refractivity contribution in [2.45, 2.75) is 89.1 Å². The first-order chi connectivity index (χ1) is 23.4. The molecule has 10 nitrogen and oxygen atoms in total. The van der Waals surface area contributed by atoms with Gasteiger partial charge in [-0.3, -0.25) is 14.7 Å². The molecule has 0 N–H and O–H groups in total. The summed E-state index contributed by atoms with van der Waals surface area (Å²) in [5, 5.41) is 0. The van der Waals surface area contributed by atoms with Gasteiger partial charge in [-0.1, -0.05) is 5.92 Å². The molecule has 0 atom stereocenters. The van der Waals surface area contributed by atoms with E-state index in [1.807, 2.05) is 30.0 Å². The van der Waals surface area contributed by atoms with Gasteiger partial charge in [-0.05, 0) is 101 Å². The van der Waals surface area contributed by atoms with E-state index in [4.69, 9.17) is 35.3 Å². The molecule has 0 radical (unpaired) electrons. The van der Waals surface area contributed by atoms with Crippen molar-refractivity contribution in [3.05, 3.63) is 54.0 Å². The summed E-state index contributed by atoms with van der Waals surface area (Å²) in [5.41, 5.74) is 3.70. The fourth-order valence-electron chi connectivity index (χ4n) is 7.47. The number of methoxy groups -OCH3 is 1. The normalized spacial score (nSPS) is 24.3. The quantitative estimate of drug-likeness (QED) is 0.230. The minimum Gasteiger partial charge on any atom is -0.495 e. The number of carbonyl (C=O) groups is 2. The summed E-state index contributed by atoms with van der Waals surface area (Å²) in [6, 6.07) is 8.01. The van der Waals surface area contributed by atoms with E-state index in [0.29, 0.717) is 68.9 Å². The van der Waals surface area contributed by atoms with E-state index in [0.717, 1.165) is 72.8 Å². The van der Waals surface area contributed by atoms with Crippen molar-refractivity contribution in [3.63, 3.8) is 0 Å². The third-order valence-corrected chi connectivity index (χ3v) is 10.7. The Morgan fingerprint density at radius 3 is 2.44 bits per heavy atom. The Hall–Kier alpha value is -4.39. The third-order valence-electron chi connectivity index (χ3n) is 10.7. The number of aryl methyl sites for hydroxylation is 1. The molecule has 3 aliphatic carbocycles. The summed E-state index contributed by atoms with van der Waals surface area (Å²) in [6.07, 6.45) is 17.4. The number of oxazole rings is 1. The van der Waals surface area contributed by atoms with Crippen LogP contribution in [0.25, 0.3) is 11.3 Å². The van der Waals surface area contributed by atoms with Gasteiger partial charge in [-0.2, -0.15) is 0 Å². The molecule has 10 heteroatoms. The molecule has 0 bridgehead atoms. The molecule has 0 unspecified atom stereocenters. The fraction of sp³-hybridized carbons (Fsp3) is 0.553. The highest BCUT2D eigenvalue weighted by Gasteiger charge is 2.37. The molecule has 3 saturated carbocycles. The first kappa shape index (κ1) is 32.2. The zero-order valence-electron chi connectivity index (χ0n) is 28.0. The Balaban J connectivity index is 1.03. The van der Waals surface area contributed by atoms with Gasteiger partial charge in [-0.25, -0.2) is 14.8 Å². The number of hydrogen-bond donors (Lipinski definition) is 0. The van der Waals surface area contributed by atoms with Crippen molar-refractivity contribution in [2.75, 3.05) is 31.6 Å². The lowest BCUT2D eigenvalue weighted by molar-refractivity contribution is -0.124. The van der Waals surface area contributed by atoms with E-state index in [1.165, 1.54) is 0 Å². The molecule has 4 fully saturated rings. The van der Waals surface area contributed by atoms with E-state index in [9.17, 15) is 9.59 Å². The molecule has 7 rings (SSSR count). The van der Waals surface area contributed by atoms with Crippen LogP contribution in [-0.2, 0) is 9.53 Å². The highest BCUT2D eigenvalue weighted by molar-refractivity contribution is 5.94. The second-order valence-corrected chi connectivity index (χ2v) is 14.1. The molecule has 0 aromatic carbocycles. The first-order valence-electron chi connectivity index (χ1n) is 17.5. The van der Waals surface area contributed by atoms with Crippen LogP contribution in [0.15, 0.2) is 41.1 Å². The highest BCUT2D eigenvalue weighted by Crippen LogP contribution is 2.41. The predicted molar refractivity (Wildman–Crippen MR) is 180 cm³/mol. The van der Waals surface area contributed by atoms with Crippen LogP contribution < -0.4 is 9.64 Å². The summed E-state index contributed by atoms with van der Waals surface area (Å²) in [7, 11) is 1.67. The van der Waals surface area contributed by atoms with Crippen LogP contribution in [0.1, 0.15) is 93.3 Å². The van der Waals surface area contributed by atoms with E-state index in [1.54, 1.807) is 24.5 Å². The third kappa shape index (κ3) is 7.06. The Morgan fingerprint density at radius 2 is 1.75 bits per heavy atom. The van der Waals surface area contributed by atoms with Crippen molar-refractivity contribution in [1.82, 2.24) is 19.9 Å². The van der Waals surface area contributed by atoms with E-state index in [2.05, 4.69) is 12.0 Å². The molecular weight excluding hydrogens is 606 g/mol. The van der Waals surface area contributed by atoms with Gasteiger partial charge in [-0.15, -0.1) is 6.42 Å². The van der Waals surface area contributed by atoms with Crippen LogP contribution in [0.2, 0.25) is 0 Å². The summed E-state index contributed by atoms with van der Waals surface area (Å²) >= 11 is 0. The standard InChI is InChI=1S/C38H45N5O5/c1-4-25-20-42(21-25)38(45)48-31-13-11-29(12-14-31)37(44)43(35-19-30(17-18-39-35)33-23-47-36(41-33)28-9-10-28)22-26-5-7-27(8-6-26)32-15-16-34(46-3)24(2)40-32/h1,15-19,23,25-29,31H,5-14,20-22H2,2-3H3. The van der Waals surface area contributed by atoms with Gasteiger partial charge in [0.15, 0.2) is 5.89 Å². The lowest BCUT2D eigenvalue weighted by atomic mass is 9.79. The lowest BCUT2D eigenvalue weighted by Crippen LogP contribution is -2.50. The summed E-state index contributed by atoms with van der Waals surface area (Å²) in [4.78, 5) is 44.8. The second-order valence-electron chi connectivity index (χ2n) is 14.1. The van der Waals surface area contributed by atoms with E-state index >= 15 is 0 Å². The summed E-state index contributed by atoms with van der Waals surface area (Å²) in [5.74, 6) is 6.17. The molecule has 1 saturated heterocycles. The zero-order valence-corrected chi connectivity index (χ0v) is 28.0. The second kappa shape index (κ2) is 14.0. The van der Waals surface area contributed by atoms with Gasteiger partial charge >= 0.3 is 6.09 Å². The number of nitrogens with zero attached hydrogens (tertiary/aromatic N) is 5. The molecular formula is C38H45N5O5. The van der Waals surface area contributed by atoms with Crippen LogP contribution in [0.5, 0.6) is 5.75 Å². The van der Waals surface area contributed by atoms with Crippen molar-refractivity contribution in [2.24, 2.45) is 17.8 Å². The Bertz CT molecular complexity index is 1660. The molecule has 3 aromatic heterocycles. The van der Waals surface area contributed by atoms with Crippen LogP contribution in [0.4, 0.5) is 10.6 Å². The minimum atomic E-state index is -0.299. The van der Waals surface area contributed by atoms with Crippen molar-refractivity contribution >= 4 is 17.8 Å². The number of anilines is 1. The van der Waals surface area contributed by atoms with Crippen molar-refractivity contribution in [3.8, 4) is 29.4 Å². The van der Waals surface area contributed by atoms with E-state index in [-0.39, 0.29) is 29.9 Å². The first-order valence-corrected chi connectivity index (χ1v) is 17.5. The Labute approximate surface area is 282 Å².